The fraction of sp³-hybridized carbons (Fsp3) is 0.897. The molecule has 0 heterocycles. The van der Waals surface area contributed by atoms with Crippen molar-refractivity contribution in [3.63, 3.8) is 0 Å². The van der Waals surface area contributed by atoms with Gasteiger partial charge >= 0.3 is 5.97 Å². The van der Waals surface area contributed by atoms with E-state index in [0.29, 0.717) is 5.41 Å². The smallest absolute Gasteiger partial charge is 0.302 e. The van der Waals surface area contributed by atoms with Gasteiger partial charge in [0.2, 0.25) is 0 Å². The van der Waals surface area contributed by atoms with Crippen LogP contribution >= 0.6 is 0 Å². The number of carbonyl (C=O) groups excluding carboxylic acids is 1. The van der Waals surface area contributed by atoms with Crippen LogP contribution in [0.2, 0.25) is 0 Å². The molecule has 8 unspecified atom stereocenters. The maximum Gasteiger partial charge on any atom is 0.302 e. The maximum absolute atomic E-state index is 11.5. The zero-order valence-corrected chi connectivity index (χ0v) is 21.4. The lowest BCUT2D eigenvalue weighted by atomic mass is 9.53. The van der Waals surface area contributed by atoms with Crippen LogP contribution in [0.25, 0.3) is 0 Å². The van der Waals surface area contributed by atoms with Crippen LogP contribution in [-0.2, 0) is 9.53 Å². The highest BCUT2D eigenvalue weighted by atomic mass is 16.5. The van der Waals surface area contributed by atoms with Crippen LogP contribution in [-0.4, -0.2) is 12.1 Å². The average molecular weight is 431 g/mol. The Kier molecular flexibility index (Phi) is 8.72. The summed E-state index contributed by atoms with van der Waals surface area (Å²) in [5.41, 5.74) is 1.91. The van der Waals surface area contributed by atoms with Gasteiger partial charge in [-0.2, -0.15) is 0 Å². The quantitative estimate of drug-likeness (QED) is 0.209. The number of hydrogen-bond donors (Lipinski definition) is 0. The molecule has 0 aromatic carbocycles. The van der Waals surface area contributed by atoms with E-state index < -0.39 is 0 Å². The Balaban J connectivity index is 1.66. The van der Waals surface area contributed by atoms with E-state index in [9.17, 15) is 4.79 Å². The number of rotatable bonds is 9. The molecule has 0 spiro atoms. The zero-order chi connectivity index (χ0) is 22.6. The van der Waals surface area contributed by atoms with E-state index >= 15 is 0 Å². The molecule has 2 heteroatoms. The number of fused-ring (bicyclic) bond motifs is 1. The van der Waals surface area contributed by atoms with Crippen molar-refractivity contribution in [3.8, 4) is 0 Å². The first-order valence-corrected chi connectivity index (χ1v) is 13.7. The SMILES string of the molecule is CCCCCCC(C)C1CCC(C2CC=C3CC(OC(C)=O)CCC3(C)C2CC)C1C. The van der Waals surface area contributed by atoms with E-state index in [-0.39, 0.29) is 12.1 Å². The van der Waals surface area contributed by atoms with Crippen molar-refractivity contribution in [1.82, 2.24) is 0 Å². The summed E-state index contributed by atoms with van der Waals surface area (Å²) in [4.78, 5) is 11.5. The second-order valence-corrected chi connectivity index (χ2v) is 11.6. The predicted octanol–water partition coefficient (Wildman–Crippen LogP) is 8.35. The molecule has 0 N–H and O–H groups in total. The molecule has 0 aromatic rings. The van der Waals surface area contributed by atoms with Crippen molar-refractivity contribution in [3.05, 3.63) is 11.6 Å². The van der Waals surface area contributed by atoms with Crippen molar-refractivity contribution < 1.29 is 9.53 Å². The Morgan fingerprint density at radius 2 is 1.94 bits per heavy atom. The molecule has 3 aliphatic carbocycles. The third kappa shape index (κ3) is 5.41. The fourth-order valence-electron chi connectivity index (χ4n) is 8.16. The number of carbonyl (C=O) groups is 1. The lowest BCUT2D eigenvalue weighted by Gasteiger charge is -2.52. The minimum absolute atomic E-state index is 0.106. The summed E-state index contributed by atoms with van der Waals surface area (Å²) >= 11 is 0. The molecule has 3 aliphatic rings. The monoisotopic (exact) mass is 430 g/mol. The molecule has 31 heavy (non-hydrogen) atoms. The van der Waals surface area contributed by atoms with Gasteiger partial charge in [-0.1, -0.05) is 84.8 Å². The van der Waals surface area contributed by atoms with Crippen LogP contribution in [0.1, 0.15) is 119 Å². The number of hydrogen-bond acceptors (Lipinski definition) is 2. The minimum atomic E-state index is -0.121. The third-order valence-electron chi connectivity index (χ3n) is 9.89. The van der Waals surface area contributed by atoms with Gasteiger partial charge in [0.15, 0.2) is 0 Å². The summed E-state index contributed by atoms with van der Waals surface area (Å²) in [6.07, 6.45) is 18.3. The van der Waals surface area contributed by atoms with Crippen molar-refractivity contribution in [1.29, 1.82) is 0 Å². The Morgan fingerprint density at radius 3 is 2.61 bits per heavy atom. The van der Waals surface area contributed by atoms with Gasteiger partial charge in [-0.25, -0.2) is 0 Å². The summed E-state index contributed by atoms with van der Waals surface area (Å²) in [6.45, 7) is 14.0. The van der Waals surface area contributed by atoms with Gasteiger partial charge in [0.05, 0.1) is 0 Å². The van der Waals surface area contributed by atoms with Crippen LogP contribution in [0.3, 0.4) is 0 Å². The first-order chi connectivity index (χ1) is 14.8. The van der Waals surface area contributed by atoms with Gasteiger partial charge in [-0.15, -0.1) is 0 Å². The second-order valence-electron chi connectivity index (χ2n) is 11.6. The van der Waals surface area contributed by atoms with Crippen molar-refractivity contribution in [2.75, 3.05) is 0 Å². The molecule has 0 bridgehead atoms. The second kappa shape index (κ2) is 10.9. The predicted molar refractivity (Wildman–Crippen MR) is 131 cm³/mol. The van der Waals surface area contributed by atoms with Gasteiger partial charge in [0, 0.05) is 13.3 Å². The standard InChI is InChI=1S/C29H50O2/c1-7-9-10-11-12-20(3)25-15-16-26(21(25)4)27-14-13-23-19-24(31-22(5)30)17-18-29(23,6)28(27)8-2/h13,20-21,24-28H,7-12,14-19H2,1-6H3. The highest BCUT2D eigenvalue weighted by Crippen LogP contribution is 2.59. The molecule has 2 nitrogen and oxygen atoms in total. The van der Waals surface area contributed by atoms with Gasteiger partial charge < -0.3 is 4.74 Å². The Hall–Kier alpha value is -0.790. The van der Waals surface area contributed by atoms with Gasteiger partial charge in [0.1, 0.15) is 6.10 Å². The van der Waals surface area contributed by atoms with Crippen molar-refractivity contribution >= 4 is 5.97 Å². The molecule has 2 saturated carbocycles. The lowest BCUT2D eigenvalue weighted by molar-refractivity contribution is -0.148. The third-order valence-corrected chi connectivity index (χ3v) is 9.89. The molecule has 3 rings (SSSR count). The molecule has 0 aliphatic heterocycles. The first kappa shape index (κ1) is 24.8. The Morgan fingerprint density at radius 1 is 1.16 bits per heavy atom. The molecule has 0 saturated heterocycles. The number of unbranched alkanes of at least 4 members (excludes halogenated alkanes) is 3. The summed E-state index contributed by atoms with van der Waals surface area (Å²) in [7, 11) is 0. The van der Waals surface area contributed by atoms with Crippen LogP contribution in [0.4, 0.5) is 0 Å². The lowest BCUT2D eigenvalue weighted by Crippen LogP contribution is -2.45. The van der Waals surface area contributed by atoms with E-state index in [1.807, 2.05) is 0 Å². The number of allylic oxidation sites excluding steroid dienone is 1. The molecule has 0 aromatic heterocycles. The summed E-state index contributed by atoms with van der Waals surface area (Å²) < 4.78 is 5.61. The molecular formula is C29H50O2. The van der Waals surface area contributed by atoms with E-state index in [1.165, 1.54) is 64.2 Å². The van der Waals surface area contributed by atoms with Gasteiger partial charge in [-0.05, 0) is 73.0 Å². The molecule has 8 atom stereocenters. The largest absolute Gasteiger partial charge is 0.462 e. The summed E-state index contributed by atoms with van der Waals surface area (Å²) in [5, 5.41) is 0. The van der Waals surface area contributed by atoms with E-state index in [2.05, 4.69) is 40.7 Å². The molecule has 0 amide bonds. The van der Waals surface area contributed by atoms with Gasteiger partial charge in [0.25, 0.3) is 0 Å². The zero-order valence-electron chi connectivity index (χ0n) is 21.4. The van der Waals surface area contributed by atoms with E-state index in [1.54, 1.807) is 12.5 Å². The van der Waals surface area contributed by atoms with Crippen molar-refractivity contribution in [2.24, 2.45) is 40.9 Å². The Labute approximate surface area is 193 Å². The average Bonchev–Trinajstić information content (AvgIpc) is 3.11. The van der Waals surface area contributed by atoms with Crippen LogP contribution in [0.5, 0.6) is 0 Å². The molecule has 0 radical (unpaired) electrons. The van der Waals surface area contributed by atoms with Crippen LogP contribution in [0, 0.1) is 40.9 Å². The normalized spacial score (nSPS) is 39.0. The molecule has 2 fully saturated rings. The maximum atomic E-state index is 11.5. The first-order valence-electron chi connectivity index (χ1n) is 13.7. The highest BCUT2D eigenvalue weighted by Gasteiger charge is 2.50. The topological polar surface area (TPSA) is 26.3 Å². The summed E-state index contributed by atoms with van der Waals surface area (Å²) in [6, 6.07) is 0. The van der Waals surface area contributed by atoms with Crippen LogP contribution in [0.15, 0.2) is 11.6 Å². The molecule has 178 valence electrons. The number of ether oxygens (including phenoxy) is 1. The van der Waals surface area contributed by atoms with Crippen molar-refractivity contribution in [2.45, 2.75) is 125 Å². The van der Waals surface area contributed by atoms with Gasteiger partial charge in [-0.3, -0.25) is 4.79 Å². The van der Waals surface area contributed by atoms with E-state index in [0.717, 1.165) is 48.3 Å². The molecular weight excluding hydrogens is 380 g/mol. The summed E-state index contributed by atoms with van der Waals surface area (Å²) in [5.74, 6) is 5.10. The highest BCUT2D eigenvalue weighted by molar-refractivity contribution is 5.66. The number of esters is 1. The minimum Gasteiger partial charge on any atom is -0.462 e. The fourth-order valence-corrected chi connectivity index (χ4v) is 8.16. The Bertz CT molecular complexity index is 622. The van der Waals surface area contributed by atoms with Crippen LogP contribution < -0.4 is 0 Å². The van der Waals surface area contributed by atoms with E-state index in [4.69, 9.17) is 4.74 Å².